The van der Waals surface area contributed by atoms with Crippen molar-refractivity contribution < 1.29 is 9.90 Å². The van der Waals surface area contributed by atoms with Gasteiger partial charge in [0.05, 0.1) is 6.20 Å². The Morgan fingerprint density at radius 3 is 2.95 bits per heavy atom. The highest BCUT2D eigenvalue weighted by Gasteiger charge is 2.32. The van der Waals surface area contributed by atoms with Gasteiger partial charge in [0.25, 0.3) is 0 Å². The average Bonchev–Trinajstić information content (AvgIpc) is 3.00. The van der Waals surface area contributed by atoms with Crippen molar-refractivity contribution in [2.45, 2.75) is 12.3 Å². The van der Waals surface area contributed by atoms with Crippen LogP contribution in [0.3, 0.4) is 0 Å². The molecule has 2 aromatic rings. The molecule has 1 atom stereocenters. The Balaban J connectivity index is 1.76. The number of hydrogen-bond acceptors (Lipinski definition) is 3. The third kappa shape index (κ3) is 2.27. The van der Waals surface area contributed by atoms with Crippen LogP contribution in [-0.4, -0.2) is 33.9 Å². The summed E-state index contributed by atoms with van der Waals surface area (Å²) in [5, 5.41) is 13.5. The molecule has 1 aromatic heterocycles. The number of carboxylic acid groups (broad SMARTS) is 1. The molecule has 0 aliphatic carbocycles. The van der Waals surface area contributed by atoms with Crippen molar-refractivity contribution in [3.63, 3.8) is 0 Å². The number of benzene rings is 1. The van der Waals surface area contributed by atoms with Crippen molar-refractivity contribution >= 4 is 11.7 Å². The van der Waals surface area contributed by atoms with E-state index in [2.05, 4.69) is 10.00 Å². The van der Waals surface area contributed by atoms with Crippen LogP contribution in [0.25, 0.3) is 0 Å². The van der Waals surface area contributed by atoms with E-state index in [9.17, 15) is 9.90 Å². The van der Waals surface area contributed by atoms with Crippen LogP contribution in [0.1, 0.15) is 17.0 Å². The van der Waals surface area contributed by atoms with Crippen molar-refractivity contribution in [3.05, 3.63) is 47.8 Å². The van der Waals surface area contributed by atoms with Crippen LogP contribution in [-0.2, 0) is 18.3 Å². The molecule has 1 aliphatic rings. The topological polar surface area (TPSA) is 58.4 Å². The Labute approximate surface area is 117 Å². The Bertz CT molecular complexity index is 636. The number of nitrogens with zero attached hydrogens (tertiary/aromatic N) is 3. The Morgan fingerprint density at radius 1 is 1.45 bits per heavy atom. The summed E-state index contributed by atoms with van der Waals surface area (Å²) in [6.07, 6.45) is 4.72. The Hall–Kier alpha value is -2.30. The summed E-state index contributed by atoms with van der Waals surface area (Å²) in [5.74, 6) is -1.17. The largest absolute Gasteiger partial charge is 0.481 e. The van der Waals surface area contributed by atoms with Gasteiger partial charge in [0.1, 0.15) is 5.92 Å². The van der Waals surface area contributed by atoms with Gasteiger partial charge in [-0.3, -0.25) is 9.48 Å². The van der Waals surface area contributed by atoms with E-state index in [4.69, 9.17) is 0 Å². The van der Waals surface area contributed by atoms with Gasteiger partial charge in [-0.1, -0.05) is 18.2 Å². The highest BCUT2D eigenvalue weighted by atomic mass is 16.4. The number of anilines is 1. The number of rotatable bonds is 4. The SMILES string of the molecule is Cn1cc(CCN2CC(C(=O)O)c3ccccc32)cn1. The minimum atomic E-state index is -0.749. The van der Waals surface area contributed by atoms with Crippen molar-refractivity contribution in [2.75, 3.05) is 18.0 Å². The van der Waals surface area contributed by atoms with Gasteiger partial charge in [0, 0.05) is 32.0 Å². The molecule has 2 heterocycles. The van der Waals surface area contributed by atoms with Crippen LogP contribution in [0.15, 0.2) is 36.7 Å². The molecule has 1 unspecified atom stereocenters. The van der Waals surface area contributed by atoms with Crippen LogP contribution in [0.4, 0.5) is 5.69 Å². The molecule has 1 aromatic carbocycles. The van der Waals surface area contributed by atoms with E-state index in [0.717, 1.165) is 24.2 Å². The summed E-state index contributed by atoms with van der Waals surface area (Å²) < 4.78 is 1.79. The lowest BCUT2D eigenvalue weighted by Gasteiger charge is -2.18. The number of carbonyl (C=O) groups is 1. The van der Waals surface area contributed by atoms with Gasteiger partial charge < -0.3 is 10.0 Å². The molecule has 0 spiro atoms. The molecule has 0 bridgehead atoms. The second kappa shape index (κ2) is 5.00. The number of aliphatic carboxylic acids is 1. The summed E-state index contributed by atoms with van der Waals surface area (Å²) in [6, 6.07) is 7.78. The first-order chi connectivity index (χ1) is 9.65. The fourth-order valence-electron chi connectivity index (χ4n) is 2.78. The molecule has 1 N–H and O–H groups in total. The Morgan fingerprint density at radius 2 is 2.25 bits per heavy atom. The zero-order valence-electron chi connectivity index (χ0n) is 11.4. The van der Waals surface area contributed by atoms with Crippen LogP contribution < -0.4 is 4.90 Å². The molecule has 0 fully saturated rings. The van der Waals surface area contributed by atoms with Gasteiger partial charge in [-0.2, -0.15) is 5.10 Å². The van der Waals surface area contributed by atoms with Gasteiger partial charge in [-0.25, -0.2) is 0 Å². The molecule has 0 saturated heterocycles. The maximum absolute atomic E-state index is 11.3. The van der Waals surface area contributed by atoms with Gasteiger partial charge >= 0.3 is 5.97 Å². The number of carboxylic acids is 1. The lowest BCUT2D eigenvalue weighted by molar-refractivity contribution is -0.138. The van der Waals surface area contributed by atoms with Crippen molar-refractivity contribution in [1.29, 1.82) is 0 Å². The fraction of sp³-hybridized carbons (Fsp3) is 0.333. The Kier molecular flexibility index (Phi) is 3.18. The maximum atomic E-state index is 11.3. The van der Waals surface area contributed by atoms with E-state index in [1.807, 2.05) is 43.7 Å². The number of fused-ring (bicyclic) bond motifs is 1. The quantitative estimate of drug-likeness (QED) is 0.918. The van der Waals surface area contributed by atoms with E-state index in [1.54, 1.807) is 4.68 Å². The third-order valence-corrected chi connectivity index (χ3v) is 3.78. The molecule has 5 heteroatoms. The van der Waals surface area contributed by atoms with Crippen LogP contribution in [0.2, 0.25) is 0 Å². The molecule has 20 heavy (non-hydrogen) atoms. The van der Waals surface area contributed by atoms with Gasteiger partial charge in [-0.15, -0.1) is 0 Å². The minimum Gasteiger partial charge on any atom is -0.481 e. The van der Waals surface area contributed by atoms with Gasteiger partial charge in [0.2, 0.25) is 0 Å². The van der Waals surface area contributed by atoms with E-state index in [0.29, 0.717) is 6.54 Å². The summed E-state index contributed by atoms with van der Waals surface area (Å²) in [7, 11) is 1.90. The summed E-state index contributed by atoms with van der Waals surface area (Å²) >= 11 is 0. The molecule has 0 saturated carbocycles. The standard InChI is InChI=1S/C15H17N3O2/c1-17-9-11(8-16-17)6-7-18-10-13(15(19)20)12-4-2-3-5-14(12)18/h2-5,8-9,13H,6-7,10H2,1H3,(H,19,20). The van der Waals surface area contributed by atoms with Crippen LogP contribution in [0.5, 0.6) is 0 Å². The minimum absolute atomic E-state index is 0.417. The zero-order valence-corrected chi connectivity index (χ0v) is 11.4. The molecule has 5 nitrogen and oxygen atoms in total. The van der Waals surface area contributed by atoms with Crippen LogP contribution >= 0.6 is 0 Å². The molecule has 0 radical (unpaired) electrons. The monoisotopic (exact) mass is 271 g/mol. The molecular weight excluding hydrogens is 254 g/mol. The fourth-order valence-corrected chi connectivity index (χ4v) is 2.78. The average molecular weight is 271 g/mol. The second-order valence-electron chi connectivity index (χ2n) is 5.17. The third-order valence-electron chi connectivity index (χ3n) is 3.78. The van der Waals surface area contributed by atoms with Crippen LogP contribution in [0, 0.1) is 0 Å². The lowest BCUT2D eigenvalue weighted by atomic mass is 10.0. The molecule has 104 valence electrons. The zero-order chi connectivity index (χ0) is 14.1. The first-order valence-electron chi connectivity index (χ1n) is 6.69. The van der Waals surface area contributed by atoms with E-state index in [-0.39, 0.29) is 0 Å². The molecule has 0 amide bonds. The highest BCUT2D eigenvalue weighted by molar-refractivity contribution is 5.82. The molecular formula is C15H17N3O2. The maximum Gasteiger partial charge on any atom is 0.312 e. The first kappa shape index (κ1) is 12.7. The highest BCUT2D eigenvalue weighted by Crippen LogP contribution is 2.36. The van der Waals surface area contributed by atoms with Gasteiger partial charge in [0.15, 0.2) is 0 Å². The number of aromatic nitrogens is 2. The second-order valence-corrected chi connectivity index (χ2v) is 5.17. The molecule has 3 rings (SSSR count). The van der Waals surface area contributed by atoms with Crippen molar-refractivity contribution in [3.8, 4) is 0 Å². The number of aryl methyl sites for hydroxylation is 1. The molecule has 1 aliphatic heterocycles. The lowest BCUT2D eigenvalue weighted by Crippen LogP contribution is -2.26. The van der Waals surface area contributed by atoms with E-state index >= 15 is 0 Å². The first-order valence-corrected chi connectivity index (χ1v) is 6.69. The van der Waals surface area contributed by atoms with E-state index < -0.39 is 11.9 Å². The summed E-state index contributed by atoms with van der Waals surface area (Å²) in [5.41, 5.74) is 3.14. The van der Waals surface area contributed by atoms with Crippen molar-refractivity contribution in [2.24, 2.45) is 7.05 Å². The van der Waals surface area contributed by atoms with Gasteiger partial charge in [-0.05, 0) is 23.6 Å². The predicted molar refractivity (Wildman–Crippen MR) is 75.9 cm³/mol. The predicted octanol–water partition coefficient (Wildman–Crippen LogP) is 1.65. The van der Waals surface area contributed by atoms with Crippen molar-refractivity contribution in [1.82, 2.24) is 9.78 Å². The number of para-hydroxylation sites is 1. The normalized spacial score (nSPS) is 17.2. The van der Waals surface area contributed by atoms with E-state index in [1.165, 1.54) is 5.56 Å². The summed E-state index contributed by atoms with van der Waals surface area (Å²) in [6.45, 7) is 1.36. The smallest absolute Gasteiger partial charge is 0.312 e. The number of hydrogen-bond donors (Lipinski definition) is 1. The summed E-state index contributed by atoms with van der Waals surface area (Å²) in [4.78, 5) is 13.5.